The number of hydrogen-bond acceptors (Lipinski definition) is 7. The highest BCUT2D eigenvalue weighted by molar-refractivity contribution is 7.15. The van der Waals surface area contributed by atoms with Crippen molar-refractivity contribution >= 4 is 22.4 Å². The monoisotopic (exact) mass is 449 g/mol. The molecule has 32 heavy (non-hydrogen) atoms. The van der Waals surface area contributed by atoms with Gasteiger partial charge in [0.15, 0.2) is 0 Å². The minimum Gasteiger partial charge on any atom is -0.497 e. The highest BCUT2D eigenvalue weighted by atomic mass is 32.1. The lowest BCUT2D eigenvalue weighted by molar-refractivity contribution is 0.309. The molecular weight excluding hydrogens is 426 g/mol. The van der Waals surface area contributed by atoms with Crippen LogP contribution in [-0.4, -0.2) is 28.3 Å². The topological polar surface area (TPSA) is 82.8 Å². The van der Waals surface area contributed by atoms with E-state index in [1.54, 1.807) is 13.2 Å². The third-order valence-corrected chi connectivity index (χ3v) is 5.90. The van der Waals surface area contributed by atoms with Gasteiger partial charge in [-0.1, -0.05) is 55.0 Å². The van der Waals surface area contributed by atoms with E-state index >= 15 is 0 Å². The maximum absolute atomic E-state index is 13.0. The maximum atomic E-state index is 13.0. The second-order valence-corrected chi connectivity index (χ2v) is 8.25. The van der Waals surface area contributed by atoms with Crippen LogP contribution in [0.5, 0.6) is 11.5 Å². The summed E-state index contributed by atoms with van der Waals surface area (Å²) in [5, 5.41) is 4.31. The first kappa shape index (κ1) is 21.7. The summed E-state index contributed by atoms with van der Waals surface area (Å²) in [5.41, 5.74) is 1.16. The molecule has 7 nitrogen and oxygen atoms in total. The molecule has 0 atom stereocenters. The van der Waals surface area contributed by atoms with Crippen LogP contribution in [0.1, 0.15) is 36.6 Å². The van der Waals surface area contributed by atoms with E-state index in [2.05, 4.69) is 17.0 Å². The molecule has 4 aromatic rings. The van der Waals surface area contributed by atoms with E-state index in [0.29, 0.717) is 16.9 Å². The Morgan fingerprint density at radius 3 is 2.62 bits per heavy atom. The quantitative estimate of drug-likeness (QED) is 0.385. The lowest BCUT2D eigenvalue weighted by Crippen LogP contribution is -2.28. The zero-order valence-corrected chi connectivity index (χ0v) is 18.7. The molecule has 0 aliphatic heterocycles. The fraction of sp³-hybridized carbons (Fsp3) is 0.250. The van der Waals surface area contributed by atoms with Gasteiger partial charge in [0, 0.05) is 12.0 Å². The third-order valence-electron chi connectivity index (χ3n) is 4.94. The third kappa shape index (κ3) is 4.70. The number of thiazole rings is 1. The summed E-state index contributed by atoms with van der Waals surface area (Å²) in [6, 6.07) is 14.9. The SMILES string of the molecule is CCCCOc1ccccc1/C=c1\sc2nc(=O)c(Cc3ccc(OC)cc3)nn2c1=O. The van der Waals surface area contributed by atoms with Crippen LogP contribution < -0.4 is 25.1 Å². The van der Waals surface area contributed by atoms with Crippen molar-refractivity contribution in [2.75, 3.05) is 13.7 Å². The second-order valence-electron chi connectivity index (χ2n) is 7.24. The Hall–Kier alpha value is -3.52. The van der Waals surface area contributed by atoms with Gasteiger partial charge in [-0.15, -0.1) is 0 Å². The first-order valence-electron chi connectivity index (χ1n) is 10.4. The van der Waals surface area contributed by atoms with E-state index in [1.165, 1.54) is 4.52 Å². The number of para-hydroxylation sites is 1. The molecule has 2 aromatic carbocycles. The summed E-state index contributed by atoms with van der Waals surface area (Å²) in [7, 11) is 1.59. The van der Waals surface area contributed by atoms with Crippen molar-refractivity contribution in [2.24, 2.45) is 0 Å². The predicted octanol–water partition coefficient (Wildman–Crippen LogP) is 2.84. The van der Waals surface area contributed by atoms with Crippen LogP contribution in [0.3, 0.4) is 0 Å². The highest BCUT2D eigenvalue weighted by Gasteiger charge is 2.12. The van der Waals surface area contributed by atoms with Gasteiger partial charge in [0.25, 0.3) is 11.1 Å². The molecule has 0 saturated heterocycles. The van der Waals surface area contributed by atoms with Gasteiger partial charge in [-0.05, 0) is 36.3 Å². The Balaban J connectivity index is 1.70. The van der Waals surface area contributed by atoms with Crippen molar-refractivity contribution in [2.45, 2.75) is 26.2 Å². The van der Waals surface area contributed by atoms with Crippen molar-refractivity contribution < 1.29 is 9.47 Å². The smallest absolute Gasteiger partial charge is 0.296 e. The van der Waals surface area contributed by atoms with Crippen LogP contribution in [0.25, 0.3) is 11.0 Å². The molecule has 0 spiro atoms. The molecule has 2 aromatic heterocycles. The zero-order valence-electron chi connectivity index (χ0n) is 17.9. The van der Waals surface area contributed by atoms with Gasteiger partial charge in [0.2, 0.25) is 4.96 Å². The van der Waals surface area contributed by atoms with Gasteiger partial charge in [0.1, 0.15) is 17.2 Å². The molecule has 2 heterocycles. The van der Waals surface area contributed by atoms with E-state index in [9.17, 15) is 9.59 Å². The highest BCUT2D eigenvalue weighted by Crippen LogP contribution is 2.19. The van der Waals surface area contributed by atoms with Gasteiger partial charge in [0.05, 0.1) is 18.2 Å². The zero-order chi connectivity index (χ0) is 22.5. The second kappa shape index (κ2) is 9.74. The molecule has 0 amide bonds. The van der Waals surface area contributed by atoms with Gasteiger partial charge in [-0.3, -0.25) is 9.59 Å². The Kier molecular flexibility index (Phi) is 6.61. The van der Waals surface area contributed by atoms with E-state index in [4.69, 9.17) is 9.47 Å². The fourth-order valence-electron chi connectivity index (χ4n) is 3.19. The standard InChI is InChI=1S/C24H23N3O4S/c1-3-4-13-31-20-8-6-5-7-17(20)15-21-23(29)27-24(32-21)25-22(28)19(26-27)14-16-9-11-18(30-2)12-10-16/h5-12,15H,3-4,13-14H2,1-2H3/b21-15-. The number of nitrogens with zero attached hydrogens (tertiary/aromatic N) is 3. The summed E-state index contributed by atoms with van der Waals surface area (Å²) in [4.78, 5) is 29.9. The van der Waals surface area contributed by atoms with Crippen LogP contribution in [0.4, 0.5) is 0 Å². The molecule has 0 radical (unpaired) electrons. The molecule has 0 N–H and O–H groups in total. The minimum atomic E-state index is -0.433. The molecule has 8 heteroatoms. The van der Waals surface area contributed by atoms with Gasteiger partial charge < -0.3 is 9.47 Å². The van der Waals surface area contributed by atoms with Crippen LogP contribution >= 0.6 is 11.3 Å². The molecular formula is C24H23N3O4S. The van der Waals surface area contributed by atoms with E-state index in [1.807, 2.05) is 48.5 Å². The minimum absolute atomic E-state index is 0.220. The van der Waals surface area contributed by atoms with Crippen molar-refractivity contribution in [3.05, 3.63) is 90.6 Å². The number of rotatable bonds is 8. The Bertz CT molecular complexity index is 1390. The number of ether oxygens (including phenoxy) is 2. The lowest BCUT2D eigenvalue weighted by atomic mass is 10.1. The number of aromatic nitrogens is 3. The molecule has 4 rings (SSSR count). The number of benzene rings is 2. The van der Waals surface area contributed by atoms with Crippen molar-refractivity contribution in [1.82, 2.24) is 14.6 Å². The first-order valence-corrected chi connectivity index (χ1v) is 11.2. The van der Waals surface area contributed by atoms with E-state index < -0.39 is 5.56 Å². The summed E-state index contributed by atoms with van der Waals surface area (Å²) in [6.07, 6.45) is 4.04. The van der Waals surface area contributed by atoms with Gasteiger partial charge in [-0.2, -0.15) is 14.6 Å². The number of unbranched alkanes of at least 4 members (excludes halogenated alkanes) is 1. The van der Waals surface area contributed by atoms with Crippen LogP contribution in [0, 0.1) is 0 Å². The Labute approximate surface area is 188 Å². The Morgan fingerprint density at radius 1 is 1.09 bits per heavy atom. The summed E-state index contributed by atoms with van der Waals surface area (Å²) < 4.78 is 12.7. The van der Waals surface area contributed by atoms with Crippen LogP contribution in [0.2, 0.25) is 0 Å². The van der Waals surface area contributed by atoms with Gasteiger partial charge >= 0.3 is 0 Å². The normalized spacial score (nSPS) is 11.8. The summed E-state index contributed by atoms with van der Waals surface area (Å²) in [5.74, 6) is 1.44. The molecule has 0 aliphatic rings. The average Bonchev–Trinajstić information content (AvgIpc) is 3.10. The van der Waals surface area contributed by atoms with Crippen LogP contribution in [0.15, 0.2) is 58.1 Å². The first-order chi connectivity index (χ1) is 15.6. The van der Waals surface area contributed by atoms with E-state index in [-0.39, 0.29) is 22.6 Å². The maximum Gasteiger partial charge on any atom is 0.296 e. The molecule has 0 bridgehead atoms. The number of fused-ring (bicyclic) bond motifs is 1. The van der Waals surface area contributed by atoms with Crippen LogP contribution in [-0.2, 0) is 6.42 Å². The molecule has 0 aliphatic carbocycles. The van der Waals surface area contributed by atoms with Gasteiger partial charge in [-0.25, -0.2) is 0 Å². The summed E-state index contributed by atoms with van der Waals surface area (Å²) >= 11 is 1.14. The largest absolute Gasteiger partial charge is 0.497 e. The number of hydrogen-bond donors (Lipinski definition) is 0. The molecule has 164 valence electrons. The summed E-state index contributed by atoms with van der Waals surface area (Å²) in [6.45, 7) is 2.72. The predicted molar refractivity (Wildman–Crippen MR) is 125 cm³/mol. The molecule has 0 fully saturated rings. The molecule has 0 saturated carbocycles. The molecule has 0 unspecified atom stereocenters. The number of methoxy groups -OCH3 is 1. The Morgan fingerprint density at radius 2 is 1.88 bits per heavy atom. The fourth-order valence-corrected chi connectivity index (χ4v) is 4.08. The van der Waals surface area contributed by atoms with Crippen molar-refractivity contribution in [1.29, 1.82) is 0 Å². The van der Waals surface area contributed by atoms with Crippen molar-refractivity contribution in [3.63, 3.8) is 0 Å². The van der Waals surface area contributed by atoms with E-state index in [0.717, 1.165) is 41.1 Å². The van der Waals surface area contributed by atoms with Crippen molar-refractivity contribution in [3.8, 4) is 11.5 Å². The lowest BCUT2D eigenvalue weighted by Gasteiger charge is -2.07. The average molecular weight is 450 g/mol.